The molecule has 7 heteroatoms. The molecule has 2 heterocycles. The van der Waals surface area contributed by atoms with E-state index in [1.54, 1.807) is 0 Å². The summed E-state index contributed by atoms with van der Waals surface area (Å²) in [6, 6.07) is 10.1. The molecule has 1 aromatic heterocycles. The largest absolute Gasteiger partial charge is 0.370 e. The van der Waals surface area contributed by atoms with Gasteiger partial charge in [-0.15, -0.1) is 0 Å². The lowest BCUT2D eigenvalue weighted by Crippen LogP contribution is -2.47. The first-order chi connectivity index (χ1) is 13.0. The van der Waals surface area contributed by atoms with Gasteiger partial charge in [-0.1, -0.05) is 17.7 Å². The van der Waals surface area contributed by atoms with E-state index in [1.807, 2.05) is 31.2 Å². The van der Waals surface area contributed by atoms with E-state index in [2.05, 4.69) is 45.2 Å². The summed E-state index contributed by atoms with van der Waals surface area (Å²) in [6.45, 7) is 7.67. The van der Waals surface area contributed by atoms with Crippen molar-refractivity contribution in [2.45, 2.75) is 13.3 Å². The number of benzene rings is 1. The fourth-order valence-electron chi connectivity index (χ4n) is 3.23. The average molecular weight is 389 g/mol. The van der Waals surface area contributed by atoms with Crippen molar-refractivity contribution >= 4 is 29.1 Å². The number of halogens is 1. The van der Waals surface area contributed by atoms with Crippen LogP contribution in [0.3, 0.4) is 0 Å². The van der Waals surface area contributed by atoms with Crippen molar-refractivity contribution in [3.8, 4) is 0 Å². The van der Waals surface area contributed by atoms with E-state index in [-0.39, 0.29) is 0 Å². The predicted octanol–water partition coefficient (Wildman–Crippen LogP) is 3.13. The summed E-state index contributed by atoms with van der Waals surface area (Å²) in [4.78, 5) is 16.2. The maximum Gasteiger partial charge on any atom is 0.227 e. The molecule has 0 saturated carbocycles. The molecule has 1 aliphatic rings. The topological polar surface area (TPSA) is 47.5 Å². The highest BCUT2D eigenvalue weighted by atomic mass is 35.5. The number of aryl methyl sites for hydroxylation is 1. The normalized spacial score (nSPS) is 14.7. The summed E-state index contributed by atoms with van der Waals surface area (Å²) in [6.07, 6.45) is 1.09. The molecule has 1 N–H and O–H groups in total. The predicted molar refractivity (Wildman–Crippen MR) is 114 cm³/mol. The van der Waals surface area contributed by atoms with E-state index in [0.29, 0.717) is 0 Å². The third-order valence-corrected chi connectivity index (χ3v) is 4.90. The van der Waals surface area contributed by atoms with Gasteiger partial charge in [0.1, 0.15) is 5.82 Å². The second kappa shape index (κ2) is 9.24. The number of hydrogen-bond acceptors (Lipinski definition) is 6. The standard InChI is InChI=1S/C20H29ClN6/c1-16-14-19(22-8-5-9-25(2)3)24-20(23-16)27-12-10-26(11-13-27)18-7-4-6-17(21)15-18/h4,6-7,14-15H,5,8-13H2,1-3H3,(H,22,23,24). The lowest BCUT2D eigenvalue weighted by atomic mass is 10.2. The van der Waals surface area contributed by atoms with E-state index in [4.69, 9.17) is 16.6 Å². The second-order valence-electron chi connectivity index (χ2n) is 7.23. The lowest BCUT2D eigenvalue weighted by Gasteiger charge is -2.36. The molecule has 0 spiro atoms. The minimum absolute atomic E-state index is 0.780. The molecule has 0 bridgehead atoms. The molecule has 1 aliphatic heterocycles. The highest BCUT2D eigenvalue weighted by molar-refractivity contribution is 6.30. The fraction of sp³-hybridized carbons (Fsp3) is 0.500. The van der Waals surface area contributed by atoms with Gasteiger partial charge in [-0.05, 0) is 52.2 Å². The first-order valence-electron chi connectivity index (χ1n) is 9.51. The molecule has 1 aromatic carbocycles. The molecule has 0 aliphatic carbocycles. The molecule has 1 fully saturated rings. The summed E-state index contributed by atoms with van der Waals surface area (Å²) < 4.78 is 0. The van der Waals surface area contributed by atoms with Crippen molar-refractivity contribution in [2.75, 3.05) is 68.5 Å². The van der Waals surface area contributed by atoms with E-state index in [9.17, 15) is 0 Å². The Bertz CT molecular complexity index is 743. The number of aromatic nitrogens is 2. The summed E-state index contributed by atoms with van der Waals surface area (Å²) >= 11 is 6.13. The molecular formula is C20H29ClN6. The van der Waals surface area contributed by atoms with Crippen LogP contribution in [0.25, 0.3) is 0 Å². The van der Waals surface area contributed by atoms with Crippen molar-refractivity contribution < 1.29 is 0 Å². The molecule has 2 aromatic rings. The van der Waals surface area contributed by atoms with E-state index < -0.39 is 0 Å². The van der Waals surface area contributed by atoms with Crippen LogP contribution in [-0.4, -0.2) is 68.2 Å². The van der Waals surface area contributed by atoms with Gasteiger partial charge in [-0.3, -0.25) is 0 Å². The molecule has 1 saturated heterocycles. The molecule has 0 unspecified atom stereocenters. The number of nitrogens with one attached hydrogen (secondary N) is 1. The zero-order valence-electron chi connectivity index (χ0n) is 16.5. The quantitative estimate of drug-likeness (QED) is 0.735. The Kier molecular flexibility index (Phi) is 6.74. The Morgan fingerprint density at radius 3 is 2.52 bits per heavy atom. The third kappa shape index (κ3) is 5.71. The summed E-state index contributed by atoms with van der Waals surface area (Å²) in [7, 11) is 4.19. The summed E-state index contributed by atoms with van der Waals surface area (Å²) in [5.74, 6) is 1.73. The van der Waals surface area contributed by atoms with E-state index in [0.717, 1.165) is 68.2 Å². The van der Waals surface area contributed by atoms with Crippen molar-refractivity contribution in [1.29, 1.82) is 0 Å². The summed E-state index contributed by atoms with van der Waals surface area (Å²) in [5.41, 5.74) is 2.17. The average Bonchev–Trinajstić information content (AvgIpc) is 2.65. The summed E-state index contributed by atoms with van der Waals surface area (Å²) in [5, 5.41) is 4.21. The smallest absolute Gasteiger partial charge is 0.227 e. The van der Waals surface area contributed by atoms with E-state index in [1.165, 1.54) is 5.69 Å². The van der Waals surface area contributed by atoms with Crippen LogP contribution in [0, 0.1) is 6.92 Å². The van der Waals surface area contributed by atoms with Gasteiger partial charge in [-0.25, -0.2) is 4.98 Å². The van der Waals surface area contributed by atoms with Gasteiger partial charge in [0.15, 0.2) is 0 Å². The van der Waals surface area contributed by atoms with Crippen molar-refractivity contribution in [2.24, 2.45) is 0 Å². The van der Waals surface area contributed by atoms with Gasteiger partial charge < -0.3 is 20.0 Å². The van der Waals surface area contributed by atoms with Crippen LogP contribution in [0.2, 0.25) is 5.02 Å². The zero-order valence-corrected chi connectivity index (χ0v) is 17.2. The molecule has 146 valence electrons. The molecule has 0 radical (unpaired) electrons. The first-order valence-corrected chi connectivity index (χ1v) is 9.89. The van der Waals surface area contributed by atoms with Gasteiger partial charge in [-0.2, -0.15) is 4.98 Å². The Morgan fingerprint density at radius 1 is 1.07 bits per heavy atom. The molecule has 27 heavy (non-hydrogen) atoms. The Labute approximate surface area is 167 Å². The van der Waals surface area contributed by atoms with Crippen molar-refractivity contribution in [3.63, 3.8) is 0 Å². The SMILES string of the molecule is Cc1cc(NCCCN(C)C)nc(N2CCN(c3cccc(Cl)c3)CC2)n1. The van der Waals surface area contributed by atoms with Crippen LogP contribution in [-0.2, 0) is 0 Å². The number of rotatable bonds is 7. The molecule has 3 rings (SSSR count). The van der Waals surface area contributed by atoms with Gasteiger partial charge in [0.2, 0.25) is 5.95 Å². The number of piperazine rings is 1. The minimum atomic E-state index is 0.780. The lowest BCUT2D eigenvalue weighted by molar-refractivity contribution is 0.405. The van der Waals surface area contributed by atoms with Gasteiger partial charge >= 0.3 is 0 Å². The molecular weight excluding hydrogens is 360 g/mol. The van der Waals surface area contributed by atoms with Gasteiger partial charge in [0, 0.05) is 55.2 Å². The van der Waals surface area contributed by atoms with Gasteiger partial charge in [0.25, 0.3) is 0 Å². The molecule has 0 amide bonds. The maximum atomic E-state index is 6.13. The highest BCUT2D eigenvalue weighted by Gasteiger charge is 2.20. The zero-order chi connectivity index (χ0) is 19.2. The number of anilines is 3. The molecule has 6 nitrogen and oxygen atoms in total. The van der Waals surface area contributed by atoms with Gasteiger partial charge in [0.05, 0.1) is 0 Å². The van der Waals surface area contributed by atoms with Crippen LogP contribution in [0.4, 0.5) is 17.5 Å². The van der Waals surface area contributed by atoms with Crippen molar-refractivity contribution in [1.82, 2.24) is 14.9 Å². The second-order valence-corrected chi connectivity index (χ2v) is 7.67. The Balaban J connectivity index is 1.58. The maximum absolute atomic E-state index is 6.13. The highest BCUT2D eigenvalue weighted by Crippen LogP contribution is 2.22. The Morgan fingerprint density at radius 2 is 1.81 bits per heavy atom. The number of nitrogens with zero attached hydrogens (tertiary/aromatic N) is 5. The number of hydrogen-bond donors (Lipinski definition) is 1. The van der Waals surface area contributed by atoms with Crippen LogP contribution in [0.1, 0.15) is 12.1 Å². The van der Waals surface area contributed by atoms with Crippen molar-refractivity contribution in [3.05, 3.63) is 41.0 Å². The monoisotopic (exact) mass is 388 g/mol. The van der Waals surface area contributed by atoms with E-state index >= 15 is 0 Å². The minimum Gasteiger partial charge on any atom is -0.370 e. The van der Waals surface area contributed by atoms with Crippen LogP contribution in [0.15, 0.2) is 30.3 Å². The fourth-order valence-corrected chi connectivity index (χ4v) is 3.42. The van der Waals surface area contributed by atoms with Crippen LogP contribution >= 0.6 is 11.6 Å². The first kappa shape index (κ1) is 19.7. The van der Waals surface area contributed by atoms with Crippen LogP contribution < -0.4 is 15.1 Å². The molecule has 0 atom stereocenters. The Hall–Kier alpha value is -2.05. The van der Waals surface area contributed by atoms with Crippen LogP contribution in [0.5, 0.6) is 0 Å². The third-order valence-electron chi connectivity index (χ3n) is 4.67.